The number of hydrogen-bond donors (Lipinski definition) is 0. The van der Waals surface area contributed by atoms with Crippen LogP contribution in [0.5, 0.6) is 0 Å². The number of hydrogen-bond acceptors (Lipinski definition) is 1. The lowest BCUT2D eigenvalue weighted by Gasteiger charge is -2.19. The van der Waals surface area contributed by atoms with Crippen molar-refractivity contribution >= 4 is 32.7 Å². The maximum Gasteiger partial charge on any atom is 0.0705 e. The van der Waals surface area contributed by atoms with Gasteiger partial charge in [0.15, 0.2) is 0 Å². The van der Waals surface area contributed by atoms with E-state index >= 15 is 0 Å². The van der Waals surface area contributed by atoms with Gasteiger partial charge in [0.2, 0.25) is 0 Å². The molecule has 0 aliphatic heterocycles. The fraction of sp³-hybridized carbons (Fsp3) is 0.167. The summed E-state index contributed by atoms with van der Waals surface area (Å²) in [5.74, 6) is 0.105. The van der Waals surface area contributed by atoms with Crippen LogP contribution in [0.1, 0.15) is 36.5 Å². The molecule has 0 aliphatic carbocycles. The van der Waals surface area contributed by atoms with Crippen molar-refractivity contribution in [2.75, 3.05) is 0 Å². The summed E-state index contributed by atoms with van der Waals surface area (Å²) >= 11 is 0. The Balaban J connectivity index is 1.74. The Bertz CT molecular complexity index is 1510. The molecule has 0 fully saturated rings. The summed E-state index contributed by atoms with van der Waals surface area (Å²) in [6, 6.07) is 28.3. The Morgan fingerprint density at radius 1 is 0.606 bits per heavy atom. The Labute approximate surface area is 193 Å². The normalized spacial score (nSPS) is 11.8. The van der Waals surface area contributed by atoms with Gasteiger partial charge in [0.05, 0.1) is 5.52 Å². The molecule has 3 heterocycles. The summed E-state index contributed by atoms with van der Waals surface area (Å²) in [4.78, 5) is 4.67. The quantitative estimate of drug-likeness (QED) is 0.281. The van der Waals surface area contributed by atoms with E-state index in [9.17, 15) is 0 Å². The van der Waals surface area contributed by atoms with Gasteiger partial charge in [-0.1, -0.05) is 54.6 Å². The number of para-hydroxylation sites is 3. The van der Waals surface area contributed by atoms with Gasteiger partial charge in [-0.2, -0.15) is 0 Å². The molecule has 0 radical (unpaired) electrons. The van der Waals surface area contributed by atoms with Gasteiger partial charge >= 0.3 is 0 Å². The van der Waals surface area contributed by atoms with Crippen molar-refractivity contribution in [3.8, 4) is 0 Å². The molecule has 0 amide bonds. The van der Waals surface area contributed by atoms with Crippen LogP contribution in [0.3, 0.4) is 0 Å². The van der Waals surface area contributed by atoms with Crippen molar-refractivity contribution in [3.05, 3.63) is 114 Å². The van der Waals surface area contributed by atoms with Crippen molar-refractivity contribution in [1.82, 2.24) is 14.1 Å². The Morgan fingerprint density at radius 2 is 1.12 bits per heavy atom. The van der Waals surface area contributed by atoms with E-state index in [0.717, 1.165) is 18.6 Å². The third kappa shape index (κ3) is 3.07. The highest BCUT2D eigenvalue weighted by atomic mass is 15.0. The minimum atomic E-state index is 0.105. The molecule has 162 valence electrons. The number of aryl methyl sites for hydroxylation is 2. The minimum Gasteiger partial charge on any atom is -0.347 e. The van der Waals surface area contributed by atoms with Gasteiger partial charge < -0.3 is 9.13 Å². The highest BCUT2D eigenvalue weighted by Crippen LogP contribution is 2.42. The molecule has 33 heavy (non-hydrogen) atoms. The molecular formula is C30H27N3. The van der Waals surface area contributed by atoms with Crippen molar-refractivity contribution in [2.45, 2.75) is 32.9 Å². The predicted octanol–water partition coefficient (Wildman–Crippen LogP) is 7.36. The lowest BCUT2D eigenvalue weighted by molar-refractivity contribution is 0.782. The van der Waals surface area contributed by atoms with Crippen LogP contribution in [-0.4, -0.2) is 14.1 Å². The molecule has 0 saturated heterocycles. The van der Waals surface area contributed by atoms with Crippen LogP contribution < -0.4 is 0 Å². The molecule has 0 bridgehead atoms. The van der Waals surface area contributed by atoms with Crippen LogP contribution in [-0.2, 0) is 13.1 Å². The topological polar surface area (TPSA) is 22.8 Å². The zero-order chi connectivity index (χ0) is 22.4. The van der Waals surface area contributed by atoms with Gasteiger partial charge in [0.1, 0.15) is 0 Å². The monoisotopic (exact) mass is 429 g/mol. The first-order chi connectivity index (χ1) is 16.3. The van der Waals surface area contributed by atoms with Crippen LogP contribution >= 0.6 is 0 Å². The van der Waals surface area contributed by atoms with Crippen LogP contribution in [0.15, 0.2) is 97.5 Å². The molecule has 3 aromatic heterocycles. The maximum absolute atomic E-state index is 4.67. The lowest BCUT2D eigenvalue weighted by atomic mass is 9.83. The zero-order valence-corrected chi connectivity index (χ0v) is 19.1. The molecule has 3 aromatic carbocycles. The number of aromatic nitrogens is 3. The van der Waals surface area contributed by atoms with E-state index in [-0.39, 0.29) is 5.92 Å². The van der Waals surface area contributed by atoms with Crippen molar-refractivity contribution in [3.63, 3.8) is 0 Å². The molecule has 0 atom stereocenters. The van der Waals surface area contributed by atoms with E-state index in [0.29, 0.717) is 0 Å². The Hall–Kier alpha value is -3.85. The number of fused-ring (bicyclic) bond motifs is 3. The average Bonchev–Trinajstić information content (AvgIpc) is 3.43. The number of benzene rings is 3. The van der Waals surface area contributed by atoms with Gasteiger partial charge in [-0.15, -0.1) is 0 Å². The van der Waals surface area contributed by atoms with Crippen LogP contribution in [0.2, 0.25) is 0 Å². The van der Waals surface area contributed by atoms with E-state index < -0.39 is 0 Å². The maximum atomic E-state index is 4.67. The molecule has 0 aliphatic rings. The SMILES string of the molecule is CCn1cc(C(c2ccnc3ccccc23)c2cn(CC)c3ccccc23)c2ccccc21. The van der Waals surface area contributed by atoms with E-state index in [1.807, 2.05) is 6.20 Å². The first-order valence-corrected chi connectivity index (χ1v) is 11.8. The molecular weight excluding hydrogens is 402 g/mol. The minimum absolute atomic E-state index is 0.105. The second kappa shape index (κ2) is 7.93. The third-order valence-corrected chi connectivity index (χ3v) is 6.94. The number of rotatable bonds is 5. The number of pyridine rings is 1. The molecule has 3 heteroatoms. The number of nitrogens with zero attached hydrogens (tertiary/aromatic N) is 3. The summed E-state index contributed by atoms with van der Waals surface area (Å²) in [6.45, 7) is 6.33. The van der Waals surface area contributed by atoms with Gasteiger partial charge in [-0.3, -0.25) is 4.98 Å². The molecule has 0 N–H and O–H groups in total. The fourth-order valence-electron chi connectivity index (χ4n) is 5.41. The van der Waals surface area contributed by atoms with Crippen LogP contribution in [0.4, 0.5) is 0 Å². The van der Waals surface area contributed by atoms with E-state index in [4.69, 9.17) is 0 Å². The van der Waals surface area contributed by atoms with Gasteiger partial charge in [-0.25, -0.2) is 0 Å². The van der Waals surface area contributed by atoms with Crippen LogP contribution in [0.25, 0.3) is 32.7 Å². The van der Waals surface area contributed by atoms with Crippen LogP contribution in [0, 0.1) is 0 Å². The molecule has 0 unspecified atom stereocenters. The summed E-state index contributed by atoms with van der Waals surface area (Å²) in [7, 11) is 0. The Morgan fingerprint density at radius 3 is 1.70 bits per heavy atom. The van der Waals surface area contributed by atoms with E-state index in [1.165, 1.54) is 43.9 Å². The second-order valence-electron chi connectivity index (χ2n) is 8.63. The smallest absolute Gasteiger partial charge is 0.0705 e. The molecule has 3 nitrogen and oxygen atoms in total. The summed E-state index contributed by atoms with van der Waals surface area (Å²) in [5, 5.41) is 3.85. The predicted molar refractivity (Wildman–Crippen MR) is 138 cm³/mol. The summed E-state index contributed by atoms with van der Waals surface area (Å²) in [5.41, 5.74) is 7.62. The summed E-state index contributed by atoms with van der Waals surface area (Å²) in [6.07, 6.45) is 6.69. The average molecular weight is 430 g/mol. The second-order valence-corrected chi connectivity index (χ2v) is 8.63. The van der Waals surface area contributed by atoms with E-state index in [2.05, 4.69) is 119 Å². The van der Waals surface area contributed by atoms with Gasteiger partial charge in [0, 0.05) is 64.8 Å². The first-order valence-electron chi connectivity index (χ1n) is 11.8. The van der Waals surface area contributed by atoms with Gasteiger partial charge in [-0.05, 0) is 54.8 Å². The van der Waals surface area contributed by atoms with Crippen molar-refractivity contribution < 1.29 is 0 Å². The largest absolute Gasteiger partial charge is 0.347 e. The first kappa shape index (κ1) is 19.8. The highest BCUT2D eigenvalue weighted by Gasteiger charge is 2.26. The molecule has 0 spiro atoms. The van der Waals surface area contributed by atoms with Gasteiger partial charge in [0.25, 0.3) is 0 Å². The highest BCUT2D eigenvalue weighted by molar-refractivity contribution is 5.92. The summed E-state index contributed by atoms with van der Waals surface area (Å²) < 4.78 is 4.75. The molecule has 0 saturated carbocycles. The fourth-order valence-corrected chi connectivity index (χ4v) is 5.41. The van der Waals surface area contributed by atoms with Crippen molar-refractivity contribution in [2.24, 2.45) is 0 Å². The molecule has 6 aromatic rings. The zero-order valence-electron chi connectivity index (χ0n) is 19.1. The third-order valence-electron chi connectivity index (χ3n) is 6.94. The van der Waals surface area contributed by atoms with E-state index in [1.54, 1.807) is 0 Å². The lowest BCUT2D eigenvalue weighted by Crippen LogP contribution is -2.04. The molecule has 6 rings (SSSR count). The standard InChI is InChI=1S/C30H27N3/c1-3-32-19-25(22-12-6-9-15-28(22)32)30(24-17-18-31-27-14-8-5-11-21(24)27)26-20-33(4-2)29-16-10-7-13-23(26)29/h5-20,30H,3-4H2,1-2H3. The van der Waals surface area contributed by atoms with Crippen molar-refractivity contribution in [1.29, 1.82) is 0 Å². The Kier molecular flexibility index (Phi) is 4.76.